The number of nitrogens with zero attached hydrogens (tertiary/aromatic N) is 1. The summed E-state index contributed by atoms with van der Waals surface area (Å²) in [4.78, 5) is 53.9. The molecular weight excluding hydrogens is 540 g/mol. The van der Waals surface area contributed by atoms with E-state index in [1.165, 1.54) is 17.0 Å². The van der Waals surface area contributed by atoms with Gasteiger partial charge in [0, 0.05) is 11.8 Å². The molecule has 1 heterocycles. The molecule has 41 heavy (non-hydrogen) atoms. The monoisotopic (exact) mass is 562 g/mol. The summed E-state index contributed by atoms with van der Waals surface area (Å²) in [5.74, 6) is -3.05. The molecule has 4 aliphatic rings. The molecule has 8 rings (SSSR count). The number of nitrogens with one attached hydrogen (secondary N) is 1. The molecule has 4 aromatic carbocycles. The Hall–Kier alpha value is -4.75. The predicted octanol–water partition coefficient (Wildman–Crippen LogP) is 5.53. The number of benzene rings is 4. The van der Waals surface area contributed by atoms with Crippen molar-refractivity contribution in [2.75, 3.05) is 16.8 Å². The number of hydrogen-bond donors (Lipinski definition) is 1. The molecule has 1 aliphatic heterocycles. The number of halogens is 1. The molecule has 3 amide bonds. The molecule has 0 unspecified atom stereocenters. The largest absolute Gasteiger partial charge is 0.452 e. The van der Waals surface area contributed by atoms with E-state index in [1.807, 2.05) is 24.3 Å². The molecule has 1 saturated heterocycles. The molecular formula is C33H23ClN2O5. The van der Waals surface area contributed by atoms with Gasteiger partial charge in [0.2, 0.25) is 11.8 Å². The topological polar surface area (TPSA) is 92.8 Å². The number of ether oxygens (including phenoxy) is 1. The molecule has 2 bridgehead atoms. The van der Waals surface area contributed by atoms with Crippen LogP contribution in [-0.2, 0) is 19.1 Å². The first kappa shape index (κ1) is 25.2. The van der Waals surface area contributed by atoms with Crippen molar-refractivity contribution in [1.82, 2.24) is 0 Å². The molecule has 0 spiro atoms. The Labute approximate surface area is 240 Å². The van der Waals surface area contributed by atoms with Crippen molar-refractivity contribution in [1.29, 1.82) is 0 Å². The Morgan fingerprint density at radius 2 is 1.20 bits per heavy atom. The van der Waals surface area contributed by atoms with Gasteiger partial charge in [-0.1, -0.05) is 72.3 Å². The first-order chi connectivity index (χ1) is 19.9. The van der Waals surface area contributed by atoms with Crippen molar-refractivity contribution >= 4 is 46.7 Å². The molecule has 1 fully saturated rings. The van der Waals surface area contributed by atoms with Crippen LogP contribution in [-0.4, -0.2) is 30.3 Å². The van der Waals surface area contributed by atoms with Gasteiger partial charge in [-0.05, 0) is 58.7 Å². The predicted molar refractivity (Wildman–Crippen MR) is 153 cm³/mol. The zero-order valence-electron chi connectivity index (χ0n) is 21.6. The van der Waals surface area contributed by atoms with Crippen LogP contribution in [0.25, 0.3) is 0 Å². The Balaban J connectivity index is 1.10. The minimum atomic E-state index is -0.706. The lowest BCUT2D eigenvalue weighted by atomic mass is 9.55. The van der Waals surface area contributed by atoms with E-state index in [0.717, 1.165) is 22.3 Å². The van der Waals surface area contributed by atoms with Crippen LogP contribution in [0.3, 0.4) is 0 Å². The Morgan fingerprint density at radius 1 is 0.707 bits per heavy atom. The molecule has 3 aliphatic carbocycles. The summed E-state index contributed by atoms with van der Waals surface area (Å²) >= 11 is 6.05. The number of para-hydroxylation sites is 1. The number of amides is 3. The van der Waals surface area contributed by atoms with Gasteiger partial charge >= 0.3 is 5.97 Å². The van der Waals surface area contributed by atoms with Crippen molar-refractivity contribution in [3.8, 4) is 0 Å². The SMILES string of the molecule is O=C(COC(=O)c1ccc(N2C(=O)[C@H]3C4c5ccccc5C(c5ccccc54)[C@@H]3C2=O)cc1)Nc1ccccc1Cl. The highest BCUT2D eigenvalue weighted by Gasteiger charge is 2.61. The first-order valence-corrected chi connectivity index (χ1v) is 13.7. The van der Waals surface area contributed by atoms with Crippen LogP contribution in [0, 0.1) is 11.8 Å². The van der Waals surface area contributed by atoms with E-state index in [0.29, 0.717) is 16.4 Å². The Kier molecular flexibility index (Phi) is 5.98. The van der Waals surface area contributed by atoms with Crippen molar-refractivity contribution in [2.45, 2.75) is 11.8 Å². The summed E-state index contributed by atoms with van der Waals surface area (Å²) in [5.41, 5.74) is 5.44. The maximum Gasteiger partial charge on any atom is 0.338 e. The number of anilines is 2. The van der Waals surface area contributed by atoms with Crippen LogP contribution in [0.1, 0.15) is 44.4 Å². The summed E-state index contributed by atoms with van der Waals surface area (Å²) in [6.07, 6.45) is 0. The van der Waals surface area contributed by atoms with Gasteiger partial charge < -0.3 is 10.1 Å². The summed E-state index contributed by atoms with van der Waals surface area (Å²) in [5, 5.41) is 2.96. The third kappa shape index (κ3) is 3.96. The van der Waals surface area contributed by atoms with Crippen LogP contribution in [0.2, 0.25) is 5.02 Å². The second-order valence-corrected chi connectivity index (χ2v) is 10.8. The second kappa shape index (κ2) is 9.71. The lowest BCUT2D eigenvalue weighted by molar-refractivity contribution is -0.122. The van der Waals surface area contributed by atoms with E-state index in [9.17, 15) is 19.2 Å². The average molecular weight is 563 g/mol. The number of carbonyl (C=O) groups is 4. The molecule has 1 N–H and O–H groups in total. The van der Waals surface area contributed by atoms with E-state index in [-0.39, 0.29) is 29.2 Å². The number of carbonyl (C=O) groups excluding carboxylic acids is 4. The molecule has 2 atom stereocenters. The standard InChI is InChI=1S/C33H23ClN2O5/c34-24-11-5-6-12-25(24)35-26(37)17-41-33(40)18-13-15-19(16-14-18)36-31(38)29-27-20-7-1-2-8-21(20)28(30(29)32(36)39)23-10-4-3-9-22(23)27/h1-16,27-30H,17H2,(H,35,37)/t27?,28?,29-,30-/m0/s1. The molecule has 202 valence electrons. The first-order valence-electron chi connectivity index (χ1n) is 13.3. The van der Waals surface area contributed by atoms with Crippen LogP contribution < -0.4 is 10.2 Å². The molecule has 8 heteroatoms. The van der Waals surface area contributed by atoms with Crippen molar-refractivity contribution in [3.05, 3.63) is 130 Å². The van der Waals surface area contributed by atoms with E-state index in [2.05, 4.69) is 29.6 Å². The lowest BCUT2D eigenvalue weighted by Gasteiger charge is -2.45. The zero-order chi connectivity index (χ0) is 28.2. The number of hydrogen-bond acceptors (Lipinski definition) is 5. The van der Waals surface area contributed by atoms with Crippen molar-refractivity contribution in [3.63, 3.8) is 0 Å². The van der Waals surface area contributed by atoms with Gasteiger partial charge in [-0.2, -0.15) is 0 Å². The molecule has 4 aromatic rings. The molecule has 0 saturated carbocycles. The fourth-order valence-corrected chi connectivity index (χ4v) is 6.82. The third-order valence-electron chi connectivity index (χ3n) is 8.29. The Morgan fingerprint density at radius 3 is 1.71 bits per heavy atom. The summed E-state index contributed by atoms with van der Waals surface area (Å²) < 4.78 is 5.15. The molecule has 7 nitrogen and oxygen atoms in total. The molecule has 0 aromatic heterocycles. The zero-order valence-corrected chi connectivity index (χ0v) is 22.4. The van der Waals surface area contributed by atoms with Crippen molar-refractivity contribution in [2.24, 2.45) is 11.8 Å². The maximum atomic E-state index is 13.9. The lowest BCUT2D eigenvalue weighted by Crippen LogP contribution is -2.41. The highest BCUT2D eigenvalue weighted by atomic mass is 35.5. The smallest absolute Gasteiger partial charge is 0.338 e. The third-order valence-corrected chi connectivity index (χ3v) is 8.62. The maximum absolute atomic E-state index is 13.9. The minimum Gasteiger partial charge on any atom is -0.452 e. The number of esters is 1. The summed E-state index contributed by atoms with van der Waals surface area (Å²) in [6.45, 7) is -0.498. The van der Waals surface area contributed by atoms with E-state index in [4.69, 9.17) is 16.3 Å². The van der Waals surface area contributed by atoms with Gasteiger partial charge in [0.15, 0.2) is 6.61 Å². The molecule has 0 radical (unpaired) electrons. The van der Waals surface area contributed by atoms with Gasteiger partial charge in [-0.25, -0.2) is 9.69 Å². The summed E-state index contributed by atoms with van der Waals surface area (Å²) in [6, 6.07) is 29.0. The van der Waals surface area contributed by atoms with E-state index in [1.54, 1.807) is 36.4 Å². The fraction of sp³-hybridized carbons (Fsp3) is 0.152. The van der Waals surface area contributed by atoms with Gasteiger partial charge in [0.05, 0.1) is 33.8 Å². The summed E-state index contributed by atoms with van der Waals surface area (Å²) in [7, 11) is 0. The van der Waals surface area contributed by atoms with Crippen LogP contribution in [0.4, 0.5) is 11.4 Å². The minimum absolute atomic E-state index is 0.190. The van der Waals surface area contributed by atoms with Gasteiger partial charge in [0.25, 0.3) is 5.91 Å². The normalized spacial score (nSPS) is 21.6. The van der Waals surface area contributed by atoms with E-state index < -0.39 is 30.3 Å². The second-order valence-electron chi connectivity index (χ2n) is 10.4. The quantitative estimate of drug-likeness (QED) is 0.255. The van der Waals surface area contributed by atoms with Crippen LogP contribution in [0.15, 0.2) is 97.1 Å². The Bertz CT molecular complexity index is 1640. The highest BCUT2D eigenvalue weighted by molar-refractivity contribution is 6.33. The van der Waals surface area contributed by atoms with Gasteiger partial charge in [-0.15, -0.1) is 0 Å². The van der Waals surface area contributed by atoms with Crippen molar-refractivity contribution < 1.29 is 23.9 Å². The van der Waals surface area contributed by atoms with Gasteiger partial charge in [0.1, 0.15) is 0 Å². The van der Waals surface area contributed by atoms with Crippen LogP contribution >= 0.6 is 11.6 Å². The van der Waals surface area contributed by atoms with Gasteiger partial charge in [-0.3, -0.25) is 14.4 Å². The highest BCUT2D eigenvalue weighted by Crippen LogP contribution is 2.61. The fourth-order valence-electron chi connectivity index (χ4n) is 6.64. The number of imide groups is 1. The number of rotatable bonds is 5. The average Bonchev–Trinajstić information content (AvgIpc) is 3.27. The van der Waals surface area contributed by atoms with Crippen LogP contribution in [0.5, 0.6) is 0 Å². The van der Waals surface area contributed by atoms with E-state index >= 15 is 0 Å².